The summed E-state index contributed by atoms with van der Waals surface area (Å²) in [5.74, 6) is -0.838. The zero-order chi connectivity index (χ0) is 44.4. The predicted molar refractivity (Wildman–Crippen MR) is 261 cm³/mol. The number of esters is 3. The van der Waals surface area contributed by atoms with E-state index in [-0.39, 0.29) is 31.1 Å². The van der Waals surface area contributed by atoms with Crippen molar-refractivity contribution in [2.24, 2.45) is 0 Å². The molecule has 362 valence electrons. The molecular formula is C55H106O6. The molecule has 0 heterocycles. The first-order valence-electron chi connectivity index (χ1n) is 27.5. The smallest absolute Gasteiger partial charge is 0.306 e. The molecule has 0 radical (unpaired) electrons. The number of hydrogen-bond acceptors (Lipinski definition) is 6. The molecule has 0 bridgehead atoms. The molecule has 6 nitrogen and oxygen atoms in total. The van der Waals surface area contributed by atoms with Crippen molar-refractivity contribution in [2.45, 2.75) is 322 Å². The molecule has 0 unspecified atom stereocenters. The number of rotatable bonds is 51. The average Bonchev–Trinajstić information content (AvgIpc) is 3.26. The van der Waals surface area contributed by atoms with E-state index in [1.807, 2.05) is 0 Å². The Kier molecular flexibility index (Phi) is 49.7. The monoisotopic (exact) mass is 863 g/mol. The van der Waals surface area contributed by atoms with Crippen molar-refractivity contribution in [1.29, 1.82) is 0 Å². The molecule has 0 amide bonds. The zero-order valence-corrected chi connectivity index (χ0v) is 41.5. The number of hydrogen-bond donors (Lipinski definition) is 0. The lowest BCUT2D eigenvalue weighted by molar-refractivity contribution is -0.167. The normalized spacial score (nSPS) is 11.9. The van der Waals surface area contributed by atoms with Gasteiger partial charge in [-0.2, -0.15) is 0 Å². The van der Waals surface area contributed by atoms with E-state index in [1.54, 1.807) is 0 Å². The first-order chi connectivity index (χ1) is 30.0. The van der Waals surface area contributed by atoms with E-state index in [1.165, 1.54) is 218 Å². The summed E-state index contributed by atoms with van der Waals surface area (Å²) >= 11 is 0. The van der Waals surface area contributed by atoms with Crippen LogP contribution in [0.3, 0.4) is 0 Å². The van der Waals surface area contributed by atoms with Gasteiger partial charge >= 0.3 is 17.9 Å². The highest BCUT2D eigenvalue weighted by Gasteiger charge is 2.19. The Morgan fingerprint density at radius 2 is 0.443 bits per heavy atom. The van der Waals surface area contributed by atoms with Crippen molar-refractivity contribution in [2.75, 3.05) is 13.2 Å². The van der Waals surface area contributed by atoms with Gasteiger partial charge in [0.2, 0.25) is 0 Å². The van der Waals surface area contributed by atoms with Crippen LogP contribution in [0.4, 0.5) is 0 Å². The molecule has 0 aliphatic heterocycles. The molecule has 0 aromatic rings. The molecule has 0 aliphatic rings. The summed E-state index contributed by atoms with van der Waals surface area (Å²) in [6.45, 7) is 6.69. The maximum Gasteiger partial charge on any atom is 0.306 e. The fourth-order valence-electron chi connectivity index (χ4n) is 8.45. The van der Waals surface area contributed by atoms with Crippen LogP contribution in [0.25, 0.3) is 0 Å². The van der Waals surface area contributed by atoms with E-state index in [9.17, 15) is 14.4 Å². The first kappa shape index (κ1) is 59.4. The van der Waals surface area contributed by atoms with Crippen LogP contribution in [0.5, 0.6) is 0 Å². The minimum Gasteiger partial charge on any atom is -0.462 e. The minimum atomic E-state index is -0.759. The standard InChI is InChI=1S/C55H106O6/c1-4-7-10-13-16-19-22-24-25-26-27-28-29-31-34-36-39-42-45-48-54(57)60-51-52(61-55(58)49-46-43-40-37-32-21-18-15-12-9-6-3)50-59-53(56)47-44-41-38-35-33-30-23-20-17-14-11-8-5-2/h52H,4-51H2,1-3H3/t52-/m0/s1. The molecule has 0 saturated heterocycles. The Balaban J connectivity index is 4.22. The molecule has 1 atom stereocenters. The van der Waals surface area contributed by atoms with Crippen molar-refractivity contribution in [3.8, 4) is 0 Å². The Morgan fingerprint density at radius 3 is 0.656 bits per heavy atom. The fraction of sp³-hybridized carbons (Fsp3) is 0.945. The van der Waals surface area contributed by atoms with Crippen LogP contribution < -0.4 is 0 Å². The van der Waals surface area contributed by atoms with E-state index in [0.717, 1.165) is 57.8 Å². The Hall–Kier alpha value is -1.59. The molecule has 0 spiro atoms. The molecule has 6 heteroatoms. The zero-order valence-electron chi connectivity index (χ0n) is 41.5. The highest BCUT2D eigenvalue weighted by Crippen LogP contribution is 2.17. The molecule has 0 aliphatic carbocycles. The highest BCUT2D eigenvalue weighted by molar-refractivity contribution is 5.71. The lowest BCUT2D eigenvalue weighted by Crippen LogP contribution is -2.30. The summed E-state index contributed by atoms with van der Waals surface area (Å²) < 4.78 is 16.8. The van der Waals surface area contributed by atoms with Gasteiger partial charge in [-0.05, 0) is 19.3 Å². The van der Waals surface area contributed by atoms with Crippen LogP contribution in [-0.2, 0) is 28.6 Å². The predicted octanol–water partition coefficient (Wildman–Crippen LogP) is 18.0. The van der Waals surface area contributed by atoms with E-state index < -0.39 is 6.10 Å². The first-order valence-corrected chi connectivity index (χ1v) is 27.5. The van der Waals surface area contributed by atoms with Crippen LogP contribution in [-0.4, -0.2) is 37.2 Å². The van der Waals surface area contributed by atoms with Gasteiger partial charge in [0.25, 0.3) is 0 Å². The second kappa shape index (κ2) is 51.0. The van der Waals surface area contributed by atoms with E-state index in [0.29, 0.717) is 19.3 Å². The van der Waals surface area contributed by atoms with Gasteiger partial charge in [0.1, 0.15) is 13.2 Å². The summed E-state index contributed by atoms with van der Waals surface area (Å²) in [6, 6.07) is 0. The third-order valence-corrected chi connectivity index (χ3v) is 12.6. The lowest BCUT2D eigenvalue weighted by Gasteiger charge is -2.18. The number of ether oxygens (including phenoxy) is 3. The van der Waals surface area contributed by atoms with Crippen LogP contribution in [0.2, 0.25) is 0 Å². The van der Waals surface area contributed by atoms with E-state index >= 15 is 0 Å². The summed E-state index contributed by atoms with van der Waals surface area (Å²) in [5, 5.41) is 0. The molecule has 0 aromatic heterocycles. The van der Waals surface area contributed by atoms with Crippen molar-refractivity contribution in [3.63, 3.8) is 0 Å². The summed E-state index contributed by atoms with van der Waals surface area (Å²) in [7, 11) is 0. The maximum absolute atomic E-state index is 12.8. The van der Waals surface area contributed by atoms with Gasteiger partial charge in [-0.3, -0.25) is 14.4 Å². The summed E-state index contributed by atoms with van der Waals surface area (Å²) in [6.07, 6.45) is 55.2. The second-order valence-electron chi connectivity index (χ2n) is 18.9. The van der Waals surface area contributed by atoms with Gasteiger partial charge < -0.3 is 14.2 Å². The summed E-state index contributed by atoms with van der Waals surface area (Å²) in [5.41, 5.74) is 0. The van der Waals surface area contributed by atoms with Gasteiger partial charge in [0.05, 0.1) is 0 Å². The third-order valence-electron chi connectivity index (χ3n) is 12.6. The fourth-order valence-corrected chi connectivity index (χ4v) is 8.45. The topological polar surface area (TPSA) is 78.9 Å². The molecule has 0 fully saturated rings. The molecule has 0 aromatic carbocycles. The Bertz CT molecular complexity index is 905. The van der Waals surface area contributed by atoms with Gasteiger partial charge in [-0.25, -0.2) is 0 Å². The summed E-state index contributed by atoms with van der Waals surface area (Å²) in [4.78, 5) is 38.0. The lowest BCUT2D eigenvalue weighted by atomic mass is 10.0. The maximum atomic E-state index is 12.8. The third kappa shape index (κ3) is 49.3. The molecule has 61 heavy (non-hydrogen) atoms. The van der Waals surface area contributed by atoms with Gasteiger partial charge in [0.15, 0.2) is 6.10 Å². The number of carbonyl (C=O) groups excluding carboxylic acids is 3. The second-order valence-corrected chi connectivity index (χ2v) is 18.9. The van der Waals surface area contributed by atoms with Crippen LogP contribution >= 0.6 is 0 Å². The number of unbranched alkanes of at least 4 members (excludes halogenated alkanes) is 40. The SMILES string of the molecule is CCCCCCCCCCCCCCCCCCCCCC(=O)OC[C@H](COC(=O)CCCCCCCCCCCCCCC)OC(=O)CCCCCCCCCCCCC. The van der Waals surface area contributed by atoms with E-state index in [2.05, 4.69) is 20.8 Å². The van der Waals surface area contributed by atoms with Gasteiger partial charge in [-0.15, -0.1) is 0 Å². The van der Waals surface area contributed by atoms with Crippen LogP contribution in [0, 0.1) is 0 Å². The van der Waals surface area contributed by atoms with Crippen LogP contribution in [0.1, 0.15) is 316 Å². The largest absolute Gasteiger partial charge is 0.462 e. The molecule has 0 rings (SSSR count). The Labute approximate surface area is 380 Å². The number of carbonyl (C=O) groups is 3. The van der Waals surface area contributed by atoms with Crippen molar-refractivity contribution < 1.29 is 28.6 Å². The average molecular weight is 863 g/mol. The molecular weight excluding hydrogens is 757 g/mol. The quantitative estimate of drug-likeness (QED) is 0.0344. The molecule has 0 N–H and O–H groups in total. The van der Waals surface area contributed by atoms with Crippen molar-refractivity contribution in [3.05, 3.63) is 0 Å². The van der Waals surface area contributed by atoms with Crippen molar-refractivity contribution in [1.82, 2.24) is 0 Å². The van der Waals surface area contributed by atoms with E-state index in [4.69, 9.17) is 14.2 Å². The van der Waals surface area contributed by atoms with Gasteiger partial charge in [-0.1, -0.05) is 278 Å². The highest BCUT2D eigenvalue weighted by atomic mass is 16.6. The van der Waals surface area contributed by atoms with Gasteiger partial charge in [0, 0.05) is 19.3 Å². The molecule has 0 saturated carbocycles. The van der Waals surface area contributed by atoms with Crippen LogP contribution in [0.15, 0.2) is 0 Å². The minimum absolute atomic E-state index is 0.0615. The van der Waals surface area contributed by atoms with Crippen molar-refractivity contribution >= 4 is 17.9 Å². The Morgan fingerprint density at radius 1 is 0.262 bits per heavy atom.